The van der Waals surface area contributed by atoms with Gasteiger partial charge in [0.05, 0.1) is 21.5 Å². The van der Waals surface area contributed by atoms with Crippen LogP contribution in [0.25, 0.3) is 20.8 Å². The van der Waals surface area contributed by atoms with Gasteiger partial charge in [0.15, 0.2) is 0 Å². The Morgan fingerprint density at radius 2 is 1.91 bits per heavy atom. The van der Waals surface area contributed by atoms with Crippen molar-refractivity contribution in [1.29, 1.82) is 0 Å². The van der Waals surface area contributed by atoms with Crippen LogP contribution in [0.1, 0.15) is 38.8 Å². The first-order valence-corrected chi connectivity index (χ1v) is 11.6. The number of thiazole rings is 1. The predicted molar refractivity (Wildman–Crippen MR) is 126 cm³/mol. The summed E-state index contributed by atoms with van der Waals surface area (Å²) in [5, 5.41) is 9.04. The quantitative estimate of drug-likeness (QED) is 0.372. The van der Waals surface area contributed by atoms with Gasteiger partial charge in [-0.2, -0.15) is 18.2 Å². The first-order chi connectivity index (χ1) is 15.7. The lowest BCUT2D eigenvalue weighted by atomic mass is 10.1. The molecule has 3 aromatic rings. The van der Waals surface area contributed by atoms with E-state index in [0.717, 1.165) is 10.2 Å². The van der Waals surface area contributed by atoms with Gasteiger partial charge in [-0.3, -0.25) is 4.79 Å². The number of carbonyl (C=O) groups excluding carboxylic acids is 1. The van der Waals surface area contributed by atoms with E-state index in [-0.39, 0.29) is 17.9 Å². The Morgan fingerprint density at radius 3 is 2.58 bits per heavy atom. The molecule has 0 aliphatic rings. The zero-order valence-corrected chi connectivity index (χ0v) is 19.5. The molecule has 3 N–H and O–H groups in total. The molecule has 1 amide bonds. The Labute approximate surface area is 194 Å². The monoisotopic (exact) mass is 480 g/mol. The van der Waals surface area contributed by atoms with Crippen molar-refractivity contribution < 1.29 is 18.0 Å². The third-order valence-corrected chi connectivity index (χ3v) is 6.03. The molecule has 0 aliphatic heterocycles. The van der Waals surface area contributed by atoms with E-state index in [9.17, 15) is 18.0 Å². The van der Waals surface area contributed by atoms with Crippen LogP contribution in [-0.2, 0) is 4.79 Å². The highest BCUT2D eigenvalue weighted by Gasteiger charge is 2.28. The number of halogens is 3. The van der Waals surface area contributed by atoms with Gasteiger partial charge in [-0.1, -0.05) is 19.1 Å². The van der Waals surface area contributed by atoms with E-state index in [0.29, 0.717) is 47.9 Å². The lowest BCUT2D eigenvalue weighted by molar-refractivity contribution is -0.121. The molecule has 2 heterocycles. The number of nitrogens with zero attached hydrogens (tertiary/aromatic N) is 3. The summed E-state index contributed by atoms with van der Waals surface area (Å²) in [6.45, 7) is 4.88. The van der Waals surface area contributed by atoms with Crippen molar-refractivity contribution in [3.8, 4) is 10.6 Å². The minimum Gasteiger partial charge on any atom is -0.367 e. The average molecular weight is 481 g/mol. The van der Waals surface area contributed by atoms with Gasteiger partial charge < -0.3 is 16.0 Å². The topological polar surface area (TPSA) is 91.8 Å². The van der Waals surface area contributed by atoms with Crippen LogP contribution in [0.15, 0.2) is 24.3 Å². The number of amides is 1. The van der Waals surface area contributed by atoms with Crippen molar-refractivity contribution in [3.05, 3.63) is 30.0 Å². The number of aryl methyl sites for hydroxylation is 1. The molecule has 0 aliphatic carbocycles. The minimum atomic E-state index is -4.39. The third kappa shape index (κ3) is 6.77. The number of hydrogen-bond acceptors (Lipinski definition) is 7. The molecule has 7 nitrogen and oxygen atoms in total. The molecule has 11 heteroatoms. The van der Waals surface area contributed by atoms with Gasteiger partial charge in [0.25, 0.3) is 0 Å². The van der Waals surface area contributed by atoms with Crippen molar-refractivity contribution in [2.45, 2.75) is 52.3 Å². The first kappa shape index (κ1) is 24.7. The van der Waals surface area contributed by atoms with E-state index < -0.39 is 12.7 Å². The zero-order chi connectivity index (χ0) is 24.0. The van der Waals surface area contributed by atoms with Crippen molar-refractivity contribution in [2.75, 3.05) is 23.7 Å². The Morgan fingerprint density at radius 1 is 1.15 bits per heavy atom. The van der Waals surface area contributed by atoms with Gasteiger partial charge in [-0.05, 0) is 38.8 Å². The van der Waals surface area contributed by atoms with E-state index in [4.69, 9.17) is 0 Å². The summed E-state index contributed by atoms with van der Waals surface area (Å²) in [6, 6.07) is 7.57. The fourth-order valence-electron chi connectivity index (χ4n) is 3.33. The molecule has 1 unspecified atom stereocenters. The van der Waals surface area contributed by atoms with Crippen molar-refractivity contribution >= 4 is 39.2 Å². The fourth-order valence-corrected chi connectivity index (χ4v) is 4.40. The highest BCUT2D eigenvalue weighted by molar-refractivity contribution is 7.21. The number of rotatable bonds is 10. The number of fused-ring (bicyclic) bond motifs is 1. The van der Waals surface area contributed by atoms with Crippen LogP contribution in [0, 0.1) is 6.92 Å². The molecule has 0 saturated heterocycles. The molecule has 1 atom stereocenters. The van der Waals surface area contributed by atoms with E-state index >= 15 is 0 Å². The SMILES string of the molecule is CCNC(=O)CCC(CC)Nc1nc(NCC(F)(F)F)nc(C)c1-c1nc2ccccc2s1. The maximum absolute atomic E-state index is 12.7. The van der Waals surface area contributed by atoms with Crippen molar-refractivity contribution in [2.24, 2.45) is 0 Å². The third-order valence-electron chi connectivity index (χ3n) is 4.97. The Kier molecular flexibility index (Phi) is 8.06. The number of anilines is 2. The number of hydrogen-bond donors (Lipinski definition) is 3. The van der Waals surface area contributed by atoms with Crippen LogP contribution in [0.5, 0.6) is 0 Å². The fraction of sp³-hybridized carbons (Fsp3) is 0.455. The van der Waals surface area contributed by atoms with Gasteiger partial charge in [-0.15, -0.1) is 11.3 Å². The van der Waals surface area contributed by atoms with Crippen LogP contribution < -0.4 is 16.0 Å². The standard InChI is InChI=1S/C22H27F3N6OS/c1-4-14(10-11-17(32)26-5-2)29-19-18(20-30-15-8-6-7-9-16(15)33-20)13(3)28-21(31-19)27-12-22(23,24)25/h6-9,14H,4-5,10-12H2,1-3H3,(H,26,32)(H2,27,28,29,31). The number of nitrogens with one attached hydrogen (secondary N) is 3. The molecule has 0 fully saturated rings. The second kappa shape index (κ2) is 10.8. The number of benzene rings is 1. The molecule has 0 saturated carbocycles. The molecule has 0 bridgehead atoms. The number of alkyl halides is 3. The largest absolute Gasteiger partial charge is 0.405 e. The second-order valence-corrected chi connectivity index (χ2v) is 8.58. The van der Waals surface area contributed by atoms with Gasteiger partial charge in [0.1, 0.15) is 17.4 Å². The van der Waals surface area contributed by atoms with Crippen molar-refractivity contribution in [1.82, 2.24) is 20.3 Å². The number of para-hydroxylation sites is 1. The summed E-state index contributed by atoms with van der Waals surface area (Å²) in [7, 11) is 0. The summed E-state index contributed by atoms with van der Waals surface area (Å²) >= 11 is 1.47. The van der Waals surface area contributed by atoms with Crippen molar-refractivity contribution in [3.63, 3.8) is 0 Å². The molecular weight excluding hydrogens is 453 g/mol. The van der Waals surface area contributed by atoms with Gasteiger partial charge >= 0.3 is 6.18 Å². The zero-order valence-electron chi connectivity index (χ0n) is 18.7. The molecule has 178 valence electrons. The van der Waals surface area contributed by atoms with Gasteiger partial charge in [0.2, 0.25) is 11.9 Å². The normalized spacial score (nSPS) is 12.5. The van der Waals surface area contributed by atoms with Crippen LogP contribution in [0.4, 0.5) is 24.9 Å². The molecule has 33 heavy (non-hydrogen) atoms. The van der Waals surface area contributed by atoms with E-state index in [1.807, 2.05) is 38.1 Å². The van der Waals surface area contributed by atoms with Gasteiger partial charge in [0, 0.05) is 19.0 Å². The van der Waals surface area contributed by atoms with Crippen LogP contribution >= 0.6 is 11.3 Å². The molecular formula is C22H27F3N6OS. The predicted octanol–water partition coefficient (Wildman–Crippen LogP) is 5.14. The van der Waals surface area contributed by atoms with Gasteiger partial charge in [-0.25, -0.2) is 9.97 Å². The molecule has 0 radical (unpaired) electrons. The molecule has 2 aromatic heterocycles. The van der Waals surface area contributed by atoms with E-state index in [2.05, 4.69) is 30.9 Å². The first-order valence-electron chi connectivity index (χ1n) is 10.8. The maximum atomic E-state index is 12.7. The highest BCUT2D eigenvalue weighted by Crippen LogP contribution is 2.36. The summed E-state index contributed by atoms with van der Waals surface area (Å²) in [6.07, 6.45) is -2.81. The van der Waals surface area contributed by atoms with E-state index in [1.165, 1.54) is 11.3 Å². The maximum Gasteiger partial charge on any atom is 0.405 e. The molecule has 3 rings (SSSR count). The Hall–Kier alpha value is -2.95. The highest BCUT2D eigenvalue weighted by atomic mass is 32.1. The summed E-state index contributed by atoms with van der Waals surface area (Å²) < 4.78 is 39.2. The minimum absolute atomic E-state index is 0.0458. The van der Waals surface area contributed by atoms with Crippen LogP contribution in [0.2, 0.25) is 0 Å². The lowest BCUT2D eigenvalue weighted by Crippen LogP contribution is -2.27. The Balaban J connectivity index is 1.95. The molecule has 1 aromatic carbocycles. The smallest absolute Gasteiger partial charge is 0.367 e. The van der Waals surface area contributed by atoms with Crippen LogP contribution in [-0.4, -0.2) is 46.2 Å². The summed E-state index contributed by atoms with van der Waals surface area (Å²) in [5.41, 5.74) is 1.98. The van der Waals surface area contributed by atoms with E-state index in [1.54, 1.807) is 6.92 Å². The summed E-state index contributed by atoms with van der Waals surface area (Å²) in [5.74, 6) is 0.236. The summed E-state index contributed by atoms with van der Waals surface area (Å²) in [4.78, 5) is 25.2. The Bertz CT molecular complexity index is 1070. The molecule has 0 spiro atoms. The average Bonchev–Trinajstić information content (AvgIpc) is 3.18. The lowest BCUT2D eigenvalue weighted by Gasteiger charge is -2.21. The number of aromatic nitrogens is 3. The van der Waals surface area contributed by atoms with Crippen LogP contribution in [0.3, 0.4) is 0 Å². The second-order valence-electron chi connectivity index (χ2n) is 7.55. The number of carbonyl (C=O) groups is 1.